The molecule has 0 saturated heterocycles. The molecule has 10 heavy (non-hydrogen) atoms. The second kappa shape index (κ2) is 6.13. The summed E-state index contributed by atoms with van der Waals surface area (Å²) in [5, 5.41) is 0. The van der Waals surface area contributed by atoms with Crippen LogP contribution >= 0.6 is 45.2 Å². The van der Waals surface area contributed by atoms with Crippen LogP contribution in [0.5, 0.6) is 0 Å². The van der Waals surface area contributed by atoms with Gasteiger partial charge >= 0.3 is 7.95 Å². The van der Waals surface area contributed by atoms with E-state index in [0.717, 1.165) is 0 Å². The number of ether oxygens (including phenoxy) is 2. The molecule has 0 aromatic rings. The number of hydrogen-bond donors (Lipinski definition) is 0. The maximum atomic E-state index is 10.1. The van der Waals surface area contributed by atoms with Crippen LogP contribution in [0.2, 0.25) is 0 Å². The molecule has 0 unspecified atom stereocenters. The average molecular weight is 370 g/mol. The summed E-state index contributed by atoms with van der Waals surface area (Å²) in [5.41, 5.74) is 0. The number of hydrogen-bond acceptors (Lipinski definition) is 4. The summed E-state index contributed by atoms with van der Waals surface area (Å²) >= 11 is 2.99. The largest absolute Gasteiger partial charge is 0.455 e. The highest BCUT2D eigenvalue weighted by Gasteiger charge is 1.96. The van der Waals surface area contributed by atoms with Crippen molar-refractivity contribution in [3.8, 4) is 0 Å². The Labute approximate surface area is 84.9 Å². The van der Waals surface area contributed by atoms with Crippen LogP contribution < -0.4 is 0 Å². The van der Waals surface area contributed by atoms with Gasteiger partial charge in [-0.3, -0.25) is 0 Å². The van der Waals surface area contributed by atoms with E-state index in [1.165, 1.54) is 45.2 Å². The van der Waals surface area contributed by atoms with Crippen molar-refractivity contribution in [2.75, 3.05) is 13.2 Å². The second-order valence-corrected chi connectivity index (χ2v) is 2.93. The molecule has 0 aliphatic heterocycles. The van der Waals surface area contributed by atoms with E-state index in [0.29, 0.717) is 0 Å². The van der Waals surface area contributed by atoms with Crippen LogP contribution in [-0.4, -0.2) is 21.2 Å². The van der Waals surface area contributed by atoms with Crippen LogP contribution in [0.1, 0.15) is 0 Å². The molecule has 0 aromatic heterocycles. The van der Waals surface area contributed by atoms with Gasteiger partial charge in [-0.1, -0.05) is 0 Å². The summed E-state index contributed by atoms with van der Waals surface area (Å²) in [6, 6.07) is 0. The fourth-order valence-corrected chi connectivity index (χ4v) is 0.684. The minimum Gasteiger partial charge on any atom is -0.455 e. The van der Waals surface area contributed by atoms with Crippen molar-refractivity contribution in [3.63, 3.8) is 0 Å². The quantitative estimate of drug-likeness (QED) is 0.434. The van der Waals surface area contributed by atoms with Crippen molar-refractivity contribution < 1.29 is 19.1 Å². The van der Waals surface area contributed by atoms with Crippen molar-refractivity contribution >= 4 is 53.1 Å². The lowest BCUT2D eigenvalue weighted by atomic mass is 10.8. The van der Waals surface area contributed by atoms with Crippen molar-refractivity contribution in [1.82, 2.24) is 0 Å². The van der Waals surface area contributed by atoms with Crippen LogP contribution in [0.4, 0.5) is 9.59 Å². The molecule has 0 aliphatic rings. The fourth-order valence-electron chi connectivity index (χ4n) is 0.244. The Hall–Kier alpha value is 0.400. The van der Waals surface area contributed by atoms with E-state index >= 15 is 0 Å². The van der Waals surface area contributed by atoms with Crippen molar-refractivity contribution in [2.24, 2.45) is 0 Å². The molecule has 0 spiro atoms. The Morgan fingerprint density at radius 3 is 1.50 bits per heavy atom. The zero-order valence-corrected chi connectivity index (χ0v) is 9.12. The van der Waals surface area contributed by atoms with Crippen molar-refractivity contribution in [3.05, 3.63) is 0 Å². The Bertz CT molecular complexity index is 119. The van der Waals surface area contributed by atoms with E-state index in [1.54, 1.807) is 0 Å². The van der Waals surface area contributed by atoms with Gasteiger partial charge in [-0.25, -0.2) is 9.59 Å². The van der Waals surface area contributed by atoms with Gasteiger partial charge in [0.2, 0.25) is 0 Å². The molecule has 6 heteroatoms. The molecule has 0 radical (unpaired) electrons. The third-order valence-corrected chi connectivity index (χ3v) is 1.14. The first-order valence-corrected chi connectivity index (χ1v) is 4.43. The van der Waals surface area contributed by atoms with E-state index in [-0.39, 0.29) is 13.2 Å². The highest BCUT2D eigenvalue weighted by Crippen LogP contribution is 1.93. The average Bonchev–Trinajstić information content (AvgIpc) is 1.79. The predicted octanol–water partition coefficient (Wildman–Crippen LogP) is 2.13. The molecule has 58 valence electrons. The lowest BCUT2D eigenvalue weighted by molar-refractivity contribution is 0.126. The fraction of sp³-hybridized carbons (Fsp3) is 0.500. The molecular formula is C4H4I2O4. The van der Waals surface area contributed by atoms with Gasteiger partial charge in [-0.05, 0) is 0 Å². The highest BCUT2D eigenvalue weighted by molar-refractivity contribution is 14.1. The Balaban J connectivity index is 3.06. The van der Waals surface area contributed by atoms with Crippen LogP contribution in [0.25, 0.3) is 0 Å². The molecule has 0 N–H and O–H groups in total. The molecule has 0 atom stereocenters. The maximum Gasteiger partial charge on any atom is 0.367 e. The predicted molar refractivity (Wildman–Crippen MR) is 50.7 cm³/mol. The van der Waals surface area contributed by atoms with Crippen LogP contribution in [0, 0.1) is 0 Å². The van der Waals surface area contributed by atoms with Crippen molar-refractivity contribution in [2.45, 2.75) is 0 Å². The first kappa shape index (κ1) is 10.4. The van der Waals surface area contributed by atoms with E-state index in [9.17, 15) is 9.59 Å². The summed E-state index contributed by atoms with van der Waals surface area (Å²) in [6.07, 6.45) is 0. The first-order chi connectivity index (χ1) is 4.63. The molecular weight excluding hydrogens is 366 g/mol. The minimum atomic E-state index is -0.401. The Kier molecular flexibility index (Phi) is 6.38. The van der Waals surface area contributed by atoms with Gasteiger partial charge in [0.1, 0.15) is 13.2 Å². The Morgan fingerprint density at radius 1 is 1.00 bits per heavy atom. The molecule has 0 saturated carbocycles. The standard InChI is InChI=1S/C4H4I2O4/c5-3(7)9-1-2-10-4(6)8/h1-2H2. The third kappa shape index (κ3) is 8.40. The molecule has 0 aromatic carbocycles. The summed E-state index contributed by atoms with van der Waals surface area (Å²) in [4.78, 5) is 20.2. The lowest BCUT2D eigenvalue weighted by Crippen LogP contribution is -2.05. The van der Waals surface area contributed by atoms with Crippen molar-refractivity contribution in [1.29, 1.82) is 0 Å². The van der Waals surface area contributed by atoms with E-state index in [2.05, 4.69) is 9.47 Å². The van der Waals surface area contributed by atoms with Gasteiger partial charge in [-0.2, -0.15) is 0 Å². The van der Waals surface area contributed by atoms with Gasteiger partial charge in [0.05, 0.1) is 45.2 Å². The highest BCUT2D eigenvalue weighted by atomic mass is 127. The smallest absolute Gasteiger partial charge is 0.367 e. The van der Waals surface area contributed by atoms with Crippen LogP contribution in [0.15, 0.2) is 0 Å². The minimum absolute atomic E-state index is 0.122. The maximum absolute atomic E-state index is 10.1. The van der Waals surface area contributed by atoms with Gasteiger partial charge in [0, 0.05) is 0 Å². The molecule has 4 nitrogen and oxygen atoms in total. The van der Waals surface area contributed by atoms with E-state index in [4.69, 9.17) is 0 Å². The number of carbonyl (C=O) groups is 2. The number of carbonyl (C=O) groups excluding carboxylic acids is 2. The molecule has 0 amide bonds. The second-order valence-electron chi connectivity index (χ2n) is 1.17. The van der Waals surface area contributed by atoms with Gasteiger partial charge < -0.3 is 9.47 Å². The van der Waals surface area contributed by atoms with Gasteiger partial charge in [-0.15, -0.1) is 0 Å². The lowest BCUT2D eigenvalue weighted by Gasteiger charge is -1.99. The van der Waals surface area contributed by atoms with E-state index < -0.39 is 7.95 Å². The van der Waals surface area contributed by atoms with E-state index in [1.807, 2.05) is 0 Å². The van der Waals surface area contributed by atoms with Gasteiger partial charge in [0.15, 0.2) is 0 Å². The third-order valence-electron chi connectivity index (χ3n) is 0.514. The molecule has 0 rings (SSSR count). The van der Waals surface area contributed by atoms with Crippen LogP contribution in [0.3, 0.4) is 0 Å². The monoisotopic (exact) mass is 370 g/mol. The zero-order chi connectivity index (χ0) is 7.98. The molecule has 0 bridgehead atoms. The number of rotatable bonds is 3. The molecule has 0 fully saturated rings. The zero-order valence-electron chi connectivity index (χ0n) is 4.80. The summed E-state index contributed by atoms with van der Waals surface area (Å²) in [6.45, 7) is 0.243. The summed E-state index contributed by atoms with van der Waals surface area (Å²) in [5.74, 6) is 0. The van der Waals surface area contributed by atoms with Gasteiger partial charge in [0.25, 0.3) is 0 Å². The SMILES string of the molecule is O=C(I)OCCOC(=O)I. The first-order valence-electron chi connectivity index (χ1n) is 2.27. The van der Waals surface area contributed by atoms with Crippen LogP contribution in [-0.2, 0) is 9.47 Å². The summed E-state index contributed by atoms with van der Waals surface area (Å²) < 4.78 is 8.12. The summed E-state index contributed by atoms with van der Waals surface area (Å²) in [7, 11) is 0. The molecule has 0 aliphatic carbocycles. The molecule has 0 heterocycles. The normalized spacial score (nSPS) is 8.60. The Morgan fingerprint density at radius 2 is 1.30 bits per heavy atom. The topological polar surface area (TPSA) is 52.6 Å². The number of halogens is 2.